The van der Waals surface area contributed by atoms with Crippen LogP contribution in [0.2, 0.25) is 0 Å². The molecule has 8 bridgehead atoms. The molecule has 0 spiro atoms. The monoisotopic (exact) mass is 482 g/mol. The summed E-state index contributed by atoms with van der Waals surface area (Å²) < 4.78 is 0. The molecule has 5 rings (SSSR count). The zero-order valence-corrected chi connectivity index (χ0v) is 17.2. The van der Waals surface area contributed by atoms with Crippen molar-refractivity contribution in [1.82, 2.24) is 19.9 Å². The molecule has 2 aliphatic rings. The van der Waals surface area contributed by atoms with Crippen molar-refractivity contribution in [3.05, 3.63) is 71.3 Å². The van der Waals surface area contributed by atoms with Gasteiger partial charge in [-0.3, -0.25) is 0 Å². The first-order valence-electron chi connectivity index (χ1n) is 8.11. The summed E-state index contributed by atoms with van der Waals surface area (Å²) in [4.78, 5) is 16.0. The molecule has 0 aromatic carbocycles. The van der Waals surface area contributed by atoms with Gasteiger partial charge in [-0.05, 0) is 72.8 Å². The second-order valence-corrected chi connectivity index (χ2v) is 8.59. The van der Waals surface area contributed by atoms with Crippen LogP contribution in [0.15, 0.2) is 48.5 Å². The van der Waals surface area contributed by atoms with E-state index in [4.69, 9.17) is 19.4 Å². The fraction of sp³-hybridized carbons (Fsp3) is 0. The summed E-state index contributed by atoms with van der Waals surface area (Å²) in [7, 11) is 9.71. The van der Waals surface area contributed by atoms with Gasteiger partial charge in [-0.25, -0.2) is 9.97 Å². The Morgan fingerprint density at radius 2 is 0.815 bits per heavy atom. The molecule has 5 heterocycles. The van der Waals surface area contributed by atoms with E-state index >= 15 is 0 Å². The van der Waals surface area contributed by atoms with Gasteiger partial charge in [0.15, 0.2) is 0 Å². The molecule has 7 heteroatoms. The van der Waals surface area contributed by atoms with E-state index in [9.17, 15) is 0 Å². The number of H-pyrrole nitrogens is 2. The van der Waals surface area contributed by atoms with Crippen molar-refractivity contribution in [2.24, 2.45) is 0 Å². The number of halogens is 2. The Balaban J connectivity index is 0.000000565. The zero-order chi connectivity index (χ0) is 18.6. The van der Waals surface area contributed by atoms with Crippen LogP contribution in [-0.4, -0.2) is 19.9 Å². The first-order valence-corrected chi connectivity index (χ1v) is 12.6. The van der Waals surface area contributed by atoms with E-state index in [1.165, 1.54) is 0 Å². The first-order chi connectivity index (χ1) is 13.2. The van der Waals surface area contributed by atoms with Gasteiger partial charge in [0.25, 0.3) is 0 Å². The van der Waals surface area contributed by atoms with Crippen LogP contribution in [0.5, 0.6) is 0 Å². The van der Waals surface area contributed by atoms with Crippen molar-refractivity contribution in [2.45, 2.75) is 0 Å². The van der Waals surface area contributed by atoms with Crippen LogP contribution in [0, 0.1) is 0 Å². The second kappa shape index (κ2) is 8.22. The van der Waals surface area contributed by atoms with Crippen molar-refractivity contribution in [3.63, 3.8) is 0 Å². The molecule has 0 aliphatic carbocycles. The number of fused-ring (bicyclic) bond motifs is 8. The molecule has 0 unspecified atom stereocenters. The Hall–Kier alpha value is -2.20. The Morgan fingerprint density at radius 1 is 0.556 bits per heavy atom. The summed E-state index contributed by atoms with van der Waals surface area (Å²) in [5, 5.41) is 0. The van der Waals surface area contributed by atoms with E-state index in [2.05, 4.69) is 44.2 Å². The standard InChI is InChI=1S/C20H14N4.2ClH.Ru/c1-2-14-10-16-5-6-18(23-16)12-20-8-7-19(24-20)11-17-4-3-15(22-17)9-13(1)21-14;;;/h1-12,21,24H;2*1H;/q;;;+2/p-2. The molecule has 3 aromatic rings. The second-order valence-electron chi connectivity index (χ2n) is 5.96. The quantitative estimate of drug-likeness (QED) is 0.265. The molecule has 136 valence electrons. The Kier molecular flexibility index (Phi) is 5.54. The molecule has 27 heavy (non-hydrogen) atoms. The topological polar surface area (TPSA) is 57.4 Å². The van der Waals surface area contributed by atoms with Gasteiger partial charge in [0, 0.05) is 22.1 Å². The van der Waals surface area contributed by atoms with Gasteiger partial charge < -0.3 is 9.97 Å². The SMILES string of the molecule is C1=Cc2cc3ccc(cc4nc(cc5ccc(cc1n2)[nH]5)C=C4)[nH]3.[Cl][Ru][Cl]. The molecule has 0 fully saturated rings. The van der Waals surface area contributed by atoms with Crippen LogP contribution in [0.25, 0.3) is 46.4 Å². The minimum absolute atomic E-state index is 0.346. The van der Waals surface area contributed by atoms with Gasteiger partial charge >= 0.3 is 34.5 Å². The summed E-state index contributed by atoms with van der Waals surface area (Å²) in [6.45, 7) is 0. The van der Waals surface area contributed by atoms with Crippen molar-refractivity contribution < 1.29 is 15.1 Å². The van der Waals surface area contributed by atoms with Gasteiger partial charge in [-0.1, -0.05) is 0 Å². The fourth-order valence-electron chi connectivity index (χ4n) is 2.94. The van der Waals surface area contributed by atoms with Crippen LogP contribution in [0.4, 0.5) is 0 Å². The average Bonchev–Trinajstić information content (AvgIpc) is 3.41. The third kappa shape index (κ3) is 4.56. The van der Waals surface area contributed by atoms with E-state index in [1.54, 1.807) is 0 Å². The van der Waals surface area contributed by atoms with Crippen LogP contribution >= 0.6 is 19.4 Å². The third-order valence-corrected chi connectivity index (χ3v) is 4.04. The summed E-state index contributed by atoms with van der Waals surface area (Å²) in [5.41, 5.74) is 7.86. The number of hydrogen-bond donors (Lipinski definition) is 2. The minimum atomic E-state index is -0.346. The molecular formula is C20H14Cl2N4Ru. The Morgan fingerprint density at radius 3 is 1.07 bits per heavy atom. The summed E-state index contributed by atoms with van der Waals surface area (Å²) >= 11 is -0.346. The Bertz CT molecular complexity index is 1020. The van der Waals surface area contributed by atoms with Crippen LogP contribution in [-0.2, 0) is 15.1 Å². The molecule has 3 aromatic heterocycles. The third-order valence-electron chi connectivity index (χ3n) is 4.04. The van der Waals surface area contributed by atoms with E-state index in [-0.39, 0.29) is 15.1 Å². The van der Waals surface area contributed by atoms with Gasteiger partial charge in [-0.2, -0.15) is 0 Å². The molecule has 0 saturated carbocycles. The summed E-state index contributed by atoms with van der Waals surface area (Å²) in [6.07, 6.45) is 8.09. The first kappa shape index (κ1) is 18.2. The maximum atomic E-state index is 4.85. The van der Waals surface area contributed by atoms with Crippen molar-refractivity contribution in [1.29, 1.82) is 0 Å². The van der Waals surface area contributed by atoms with Crippen LogP contribution < -0.4 is 0 Å². The number of aromatic amines is 2. The van der Waals surface area contributed by atoms with Gasteiger partial charge in [0.2, 0.25) is 0 Å². The predicted molar refractivity (Wildman–Crippen MR) is 111 cm³/mol. The molecule has 4 nitrogen and oxygen atoms in total. The van der Waals surface area contributed by atoms with Crippen LogP contribution in [0.1, 0.15) is 22.8 Å². The van der Waals surface area contributed by atoms with E-state index in [0.717, 1.165) is 44.8 Å². The van der Waals surface area contributed by atoms with E-state index in [1.807, 2.05) is 48.6 Å². The molecule has 0 saturated heterocycles. The number of rotatable bonds is 0. The molecular weight excluding hydrogens is 468 g/mol. The molecule has 2 N–H and O–H groups in total. The van der Waals surface area contributed by atoms with Gasteiger partial charge in [0.1, 0.15) is 0 Å². The predicted octanol–water partition coefficient (Wildman–Crippen LogP) is 6.03. The number of nitrogens with one attached hydrogen (secondary N) is 2. The normalized spacial score (nSPS) is 12.1. The summed E-state index contributed by atoms with van der Waals surface area (Å²) in [5.74, 6) is 0. The molecule has 0 radical (unpaired) electrons. The summed E-state index contributed by atoms with van der Waals surface area (Å²) in [6, 6.07) is 16.4. The zero-order valence-electron chi connectivity index (χ0n) is 13.9. The molecule has 0 amide bonds. The van der Waals surface area contributed by atoms with E-state index in [0.29, 0.717) is 0 Å². The van der Waals surface area contributed by atoms with Crippen molar-refractivity contribution in [2.75, 3.05) is 0 Å². The number of nitrogens with zero attached hydrogens (tertiary/aromatic N) is 2. The Labute approximate surface area is 171 Å². The van der Waals surface area contributed by atoms with Gasteiger partial charge in [0.05, 0.1) is 22.8 Å². The average molecular weight is 482 g/mol. The molecule has 0 atom stereocenters. The van der Waals surface area contributed by atoms with Gasteiger partial charge in [-0.15, -0.1) is 0 Å². The van der Waals surface area contributed by atoms with Crippen molar-refractivity contribution in [3.8, 4) is 0 Å². The maximum absolute atomic E-state index is 4.85. The number of aromatic nitrogens is 4. The van der Waals surface area contributed by atoms with Crippen molar-refractivity contribution >= 4 is 65.8 Å². The van der Waals surface area contributed by atoms with Crippen LogP contribution in [0.3, 0.4) is 0 Å². The molecule has 2 aliphatic heterocycles. The number of hydrogen-bond acceptors (Lipinski definition) is 2. The van der Waals surface area contributed by atoms with E-state index < -0.39 is 0 Å². The fourth-order valence-corrected chi connectivity index (χ4v) is 2.94.